The van der Waals surface area contributed by atoms with Crippen LogP contribution in [0.3, 0.4) is 0 Å². The second kappa shape index (κ2) is 8.34. The Morgan fingerprint density at radius 2 is 1.35 bits per heavy atom. The van der Waals surface area contributed by atoms with Crippen LogP contribution in [0.15, 0.2) is 30.3 Å². The van der Waals surface area contributed by atoms with E-state index in [4.69, 9.17) is 5.73 Å². The summed E-state index contributed by atoms with van der Waals surface area (Å²) in [6, 6.07) is 6.07. The third-order valence-electron chi connectivity index (χ3n) is 2.32. The molecule has 0 fully saturated rings. The largest absolute Gasteiger partial charge is 1.00 e. The number of nitrogen functional groups attached to an aromatic ring is 1. The monoisotopic (exact) mass is 379 g/mol. The summed E-state index contributed by atoms with van der Waals surface area (Å²) in [6.45, 7) is 0. The van der Waals surface area contributed by atoms with Crippen LogP contribution in [0.4, 0.5) is 5.69 Å². The van der Waals surface area contributed by atoms with Crippen molar-refractivity contribution >= 4 is 37.3 Å². The number of anilines is 1. The van der Waals surface area contributed by atoms with Gasteiger partial charge in [-0.05, 0) is 12.1 Å². The molecule has 2 aromatic carbocycles. The van der Waals surface area contributed by atoms with Gasteiger partial charge >= 0.3 is 59.1 Å². The van der Waals surface area contributed by atoms with Gasteiger partial charge in [0.15, 0.2) is 5.75 Å². The molecular formula is C10H7NNa2O8S2. The minimum Gasteiger partial charge on any atom is -0.716 e. The summed E-state index contributed by atoms with van der Waals surface area (Å²) in [6.07, 6.45) is 0. The Labute approximate surface area is 176 Å². The summed E-state index contributed by atoms with van der Waals surface area (Å²) in [5.41, 5.74) is 5.49. The number of fused-ring (bicyclic) bond motifs is 1. The third kappa shape index (κ3) is 6.74. The molecule has 114 valence electrons. The normalized spacial score (nSPS) is 11.2. The molecule has 0 aliphatic carbocycles. The van der Waals surface area contributed by atoms with Crippen LogP contribution in [-0.4, -0.2) is 25.9 Å². The van der Waals surface area contributed by atoms with Crippen LogP contribution in [0, 0.1) is 0 Å². The molecule has 0 heterocycles. The average Bonchev–Trinajstić information content (AvgIpc) is 2.26. The van der Waals surface area contributed by atoms with Gasteiger partial charge in [-0.25, -0.2) is 16.8 Å². The minimum atomic E-state index is -5.06. The molecule has 0 saturated carbocycles. The van der Waals surface area contributed by atoms with Crippen molar-refractivity contribution in [2.75, 3.05) is 5.73 Å². The van der Waals surface area contributed by atoms with E-state index in [-0.39, 0.29) is 81.3 Å². The van der Waals surface area contributed by atoms with Crippen LogP contribution in [-0.2, 0) is 20.8 Å². The molecule has 2 rings (SSSR count). The Kier molecular flexibility index (Phi) is 8.31. The fourth-order valence-electron chi connectivity index (χ4n) is 1.71. The standard InChI is InChI=1S/C10H9NO8S2.2Na/c11-6-4-8-7(10(5-6)19-21(15,16)17)2-1-3-9(8)18-20(12,13)14;;/h1-5H,11H2,(H,12,13,14)(H,15,16,17);;/q;2*+1/p-2. The molecule has 0 aliphatic rings. The van der Waals surface area contributed by atoms with Crippen LogP contribution >= 0.6 is 0 Å². The van der Waals surface area contributed by atoms with Gasteiger partial charge < -0.3 is 23.2 Å². The summed E-state index contributed by atoms with van der Waals surface area (Å²) < 4.78 is 72.5. The predicted molar refractivity (Wildman–Crippen MR) is 69.0 cm³/mol. The zero-order chi connectivity index (χ0) is 15.8. The van der Waals surface area contributed by atoms with E-state index >= 15 is 0 Å². The van der Waals surface area contributed by atoms with Gasteiger partial charge in [-0.2, -0.15) is 0 Å². The smallest absolute Gasteiger partial charge is 0.716 e. The summed E-state index contributed by atoms with van der Waals surface area (Å²) in [5.74, 6) is -0.781. The van der Waals surface area contributed by atoms with Crippen molar-refractivity contribution in [1.82, 2.24) is 0 Å². The van der Waals surface area contributed by atoms with Crippen LogP contribution in [0.2, 0.25) is 0 Å². The second-order valence-corrected chi connectivity index (χ2v) is 5.82. The molecule has 0 saturated heterocycles. The molecule has 2 N–H and O–H groups in total. The number of hydrogen-bond donors (Lipinski definition) is 1. The van der Waals surface area contributed by atoms with Gasteiger partial charge in [0, 0.05) is 22.5 Å². The summed E-state index contributed by atoms with van der Waals surface area (Å²) in [7, 11) is -10.1. The van der Waals surface area contributed by atoms with Crippen molar-refractivity contribution in [1.29, 1.82) is 0 Å². The van der Waals surface area contributed by atoms with Gasteiger partial charge in [0.05, 0.1) is 0 Å². The first-order valence-corrected chi connectivity index (χ1v) is 7.85. The maximum atomic E-state index is 10.7. The Balaban J connectivity index is 0.00000242. The first kappa shape index (κ1) is 22.9. The van der Waals surface area contributed by atoms with E-state index in [0.717, 1.165) is 12.1 Å². The molecule has 0 atom stereocenters. The molecule has 0 aromatic heterocycles. The predicted octanol–water partition coefficient (Wildman–Crippen LogP) is -5.89. The SMILES string of the molecule is Nc1cc(OS(=O)(=O)[O-])c2cccc(OS(=O)(=O)[O-])c2c1.[Na+].[Na+]. The van der Waals surface area contributed by atoms with Crippen LogP contribution < -0.4 is 73.2 Å². The zero-order valence-corrected chi connectivity index (χ0v) is 17.7. The van der Waals surface area contributed by atoms with Crippen LogP contribution in [0.1, 0.15) is 0 Å². The topological polar surface area (TPSA) is 159 Å². The molecule has 23 heavy (non-hydrogen) atoms. The minimum absolute atomic E-state index is 0. The molecule has 0 unspecified atom stereocenters. The van der Waals surface area contributed by atoms with Crippen molar-refractivity contribution in [2.45, 2.75) is 0 Å². The number of hydrogen-bond acceptors (Lipinski definition) is 9. The Bertz CT molecular complexity index is 914. The van der Waals surface area contributed by atoms with Crippen molar-refractivity contribution in [2.24, 2.45) is 0 Å². The Hall–Kier alpha value is -0.0800. The number of nitrogens with two attached hydrogens (primary N) is 1. The van der Waals surface area contributed by atoms with Gasteiger partial charge in [-0.15, -0.1) is 0 Å². The van der Waals surface area contributed by atoms with E-state index in [1.54, 1.807) is 0 Å². The Morgan fingerprint density at radius 3 is 1.87 bits per heavy atom. The van der Waals surface area contributed by atoms with Gasteiger partial charge in [-0.1, -0.05) is 12.1 Å². The maximum Gasteiger partial charge on any atom is 1.00 e. The molecule has 9 nitrogen and oxygen atoms in total. The summed E-state index contributed by atoms with van der Waals surface area (Å²) >= 11 is 0. The van der Waals surface area contributed by atoms with Crippen molar-refractivity contribution in [3.63, 3.8) is 0 Å². The van der Waals surface area contributed by atoms with E-state index in [2.05, 4.69) is 8.37 Å². The number of rotatable bonds is 4. The van der Waals surface area contributed by atoms with Crippen molar-refractivity contribution in [3.8, 4) is 11.5 Å². The zero-order valence-electron chi connectivity index (χ0n) is 12.0. The van der Waals surface area contributed by atoms with Crippen molar-refractivity contribution in [3.05, 3.63) is 30.3 Å². The van der Waals surface area contributed by atoms with Gasteiger partial charge in [0.2, 0.25) is 0 Å². The summed E-state index contributed by atoms with van der Waals surface area (Å²) in [5, 5.41) is 0.0281. The average molecular weight is 379 g/mol. The summed E-state index contributed by atoms with van der Waals surface area (Å²) in [4.78, 5) is 0. The fourth-order valence-corrected chi connectivity index (χ4v) is 2.43. The van der Waals surface area contributed by atoms with Gasteiger partial charge in [0.25, 0.3) is 20.8 Å². The Morgan fingerprint density at radius 1 is 0.826 bits per heavy atom. The molecular weight excluding hydrogens is 372 g/mol. The fraction of sp³-hybridized carbons (Fsp3) is 0. The van der Waals surface area contributed by atoms with Crippen LogP contribution in [0.5, 0.6) is 11.5 Å². The van der Waals surface area contributed by atoms with E-state index in [0.29, 0.717) is 0 Å². The second-order valence-electron chi connectivity index (χ2n) is 3.85. The molecule has 13 heteroatoms. The van der Waals surface area contributed by atoms with Crippen molar-refractivity contribution < 1.29 is 93.4 Å². The molecule has 0 amide bonds. The molecule has 2 aromatic rings. The van der Waals surface area contributed by atoms with E-state index in [9.17, 15) is 25.9 Å². The van der Waals surface area contributed by atoms with Crippen LogP contribution in [0.25, 0.3) is 10.8 Å². The first-order chi connectivity index (χ1) is 9.55. The molecule has 0 bridgehead atoms. The van der Waals surface area contributed by atoms with Gasteiger partial charge in [-0.3, -0.25) is 0 Å². The molecule has 0 radical (unpaired) electrons. The van der Waals surface area contributed by atoms with E-state index in [1.165, 1.54) is 18.2 Å². The quantitative estimate of drug-likeness (QED) is 0.236. The van der Waals surface area contributed by atoms with E-state index in [1.807, 2.05) is 0 Å². The number of benzene rings is 2. The van der Waals surface area contributed by atoms with E-state index < -0.39 is 26.5 Å². The molecule has 0 aliphatic heterocycles. The third-order valence-corrected chi connectivity index (χ3v) is 3.09. The first-order valence-electron chi connectivity index (χ1n) is 5.18. The molecule has 0 spiro atoms. The maximum absolute atomic E-state index is 10.7. The van der Waals surface area contributed by atoms with Gasteiger partial charge in [0.1, 0.15) is 5.75 Å².